The predicted molar refractivity (Wildman–Crippen MR) is 131 cm³/mol. The van der Waals surface area contributed by atoms with E-state index in [2.05, 4.69) is 22.4 Å². The van der Waals surface area contributed by atoms with Gasteiger partial charge in [0.1, 0.15) is 11.4 Å². The zero-order valence-corrected chi connectivity index (χ0v) is 19.9. The summed E-state index contributed by atoms with van der Waals surface area (Å²) in [6, 6.07) is 13.5. The average molecular weight is 460 g/mol. The van der Waals surface area contributed by atoms with Crippen molar-refractivity contribution in [2.75, 3.05) is 33.2 Å². The van der Waals surface area contributed by atoms with Crippen molar-refractivity contribution in [1.29, 1.82) is 0 Å². The van der Waals surface area contributed by atoms with Gasteiger partial charge in [-0.1, -0.05) is 24.6 Å². The second-order valence-corrected chi connectivity index (χ2v) is 10.8. The summed E-state index contributed by atoms with van der Waals surface area (Å²) in [6.45, 7) is 3.82. The summed E-state index contributed by atoms with van der Waals surface area (Å²) >= 11 is 0. The lowest BCUT2D eigenvalue weighted by Crippen LogP contribution is -2.50. The Kier molecular flexibility index (Phi) is 5.46. The van der Waals surface area contributed by atoms with E-state index in [-0.39, 0.29) is 17.3 Å². The molecule has 34 heavy (non-hydrogen) atoms. The minimum Gasteiger partial charge on any atom is -0.486 e. The van der Waals surface area contributed by atoms with Crippen molar-refractivity contribution in [3.63, 3.8) is 0 Å². The number of rotatable bonds is 3. The summed E-state index contributed by atoms with van der Waals surface area (Å²) in [5.41, 5.74) is 5.91. The van der Waals surface area contributed by atoms with E-state index in [0.29, 0.717) is 23.3 Å². The summed E-state index contributed by atoms with van der Waals surface area (Å²) in [5, 5.41) is 2.09. The Hall–Kier alpha value is -2.70. The first-order chi connectivity index (χ1) is 16.5. The van der Waals surface area contributed by atoms with Gasteiger partial charge in [-0.15, -0.1) is 0 Å². The average Bonchev–Trinajstić information content (AvgIpc) is 3.43. The van der Waals surface area contributed by atoms with Crippen molar-refractivity contribution in [1.82, 2.24) is 15.3 Å². The van der Waals surface area contributed by atoms with Gasteiger partial charge in [0.05, 0.1) is 12.0 Å². The molecule has 6 heteroatoms. The zero-order valence-electron chi connectivity index (χ0n) is 19.9. The third-order valence-electron chi connectivity index (χ3n) is 8.43. The van der Waals surface area contributed by atoms with Crippen LogP contribution in [0.3, 0.4) is 0 Å². The molecule has 4 aliphatic rings. The van der Waals surface area contributed by atoms with Crippen LogP contribution in [0.25, 0.3) is 11.1 Å². The van der Waals surface area contributed by atoms with Crippen LogP contribution >= 0.6 is 0 Å². The van der Waals surface area contributed by atoms with Gasteiger partial charge in [-0.2, -0.15) is 0 Å². The first-order valence-electron chi connectivity index (χ1n) is 12.7. The number of carbonyl (C=O) groups is 2. The molecule has 0 aromatic heterocycles. The van der Waals surface area contributed by atoms with Crippen LogP contribution in [0.15, 0.2) is 42.5 Å². The molecular weight excluding hydrogens is 426 g/mol. The van der Waals surface area contributed by atoms with Gasteiger partial charge < -0.3 is 9.64 Å². The number of hydrazine groups is 1. The Morgan fingerprint density at radius 3 is 2.53 bits per heavy atom. The van der Waals surface area contributed by atoms with Gasteiger partial charge in [0, 0.05) is 44.6 Å². The van der Waals surface area contributed by atoms with E-state index in [9.17, 15) is 9.59 Å². The van der Waals surface area contributed by atoms with Crippen molar-refractivity contribution in [2.24, 2.45) is 11.8 Å². The number of ketones is 1. The molecule has 2 unspecified atom stereocenters. The van der Waals surface area contributed by atoms with Crippen LogP contribution in [0.1, 0.15) is 59.2 Å². The number of fused-ring (bicyclic) bond motifs is 2. The number of likely N-dealkylation sites (tertiary alicyclic amines) is 1. The van der Waals surface area contributed by atoms with Crippen LogP contribution in [-0.4, -0.2) is 60.4 Å². The van der Waals surface area contributed by atoms with Crippen LogP contribution in [0.4, 0.5) is 0 Å². The third kappa shape index (κ3) is 4.03. The van der Waals surface area contributed by atoms with E-state index in [1.54, 1.807) is 0 Å². The van der Waals surface area contributed by atoms with Crippen molar-refractivity contribution in [2.45, 2.75) is 44.1 Å². The number of hydrogen-bond donors (Lipinski definition) is 1. The van der Waals surface area contributed by atoms with E-state index in [4.69, 9.17) is 4.74 Å². The first kappa shape index (κ1) is 21.8. The number of hydrogen-bond acceptors (Lipinski definition) is 5. The largest absolute Gasteiger partial charge is 0.486 e. The standard InChI is InChI=1S/C28H33N3O3/c1-30-12-10-28(11-13-30)16-25(32)24-15-20(8-9-26(24)34-28)19-4-2-5-21(14-19)27(33)29-31-17-22-6-3-7-23(22)18-31/h2,4-5,8-9,14-15,22-23H,3,6-7,10-13,16-18H2,1H3,(H,29,33). The molecule has 3 aliphatic heterocycles. The van der Waals surface area contributed by atoms with Crippen LogP contribution in [0.2, 0.25) is 0 Å². The normalized spacial score (nSPS) is 26.2. The molecule has 178 valence electrons. The van der Waals surface area contributed by atoms with Gasteiger partial charge in [0.25, 0.3) is 5.91 Å². The highest BCUT2D eigenvalue weighted by atomic mass is 16.5. The molecule has 1 spiro atoms. The monoisotopic (exact) mass is 459 g/mol. The molecule has 2 atom stereocenters. The summed E-state index contributed by atoms with van der Waals surface area (Å²) in [6.07, 6.45) is 6.10. The number of nitrogens with zero attached hydrogens (tertiary/aromatic N) is 2. The molecule has 0 bridgehead atoms. The SMILES string of the molecule is CN1CCC2(CC1)CC(=O)c1cc(-c3cccc(C(=O)NN4CC5CCCC5C4)c3)ccc1O2. The second kappa shape index (κ2) is 8.51. The van der Waals surface area contributed by atoms with Gasteiger partial charge in [-0.3, -0.25) is 15.0 Å². The molecule has 1 amide bonds. The summed E-state index contributed by atoms with van der Waals surface area (Å²) in [4.78, 5) is 28.4. The lowest BCUT2D eigenvalue weighted by atomic mass is 9.82. The maximum Gasteiger partial charge on any atom is 0.265 e. The van der Waals surface area contributed by atoms with Crippen molar-refractivity contribution >= 4 is 11.7 Å². The molecule has 2 saturated heterocycles. The van der Waals surface area contributed by atoms with Gasteiger partial charge >= 0.3 is 0 Å². The van der Waals surface area contributed by atoms with Gasteiger partial charge in [-0.05, 0) is 67.1 Å². The molecule has 3 fully saturated rings. The fourth-order valence-electron chi connectivity index (χ4n) is 6.35. The third-order valence-corrected chi connectivity index (χ3v) is 8.43. The highest BCUT2D eigenvalue weighted by molar-refractivity contribution is 6.02. The summed E-state index contributed by atoms with van der Waals surface area (Å²) in [7, 11) is 2.11. The molecule has 2 aromatic rings. The molecular formula is C28H33N3O3. The molecule has 2 aromatic carbocycles. The van der Waals surface area contributed by atoms with Gasteiger partial charge in [0.2, 0.25) is 0 Å². The number of benzene rings is 2. The molecule has 6 rings (SSSR count). The Balaban J connectivity index is 1.19. The van der Waals surface area contributed by atoms with Crippen LogP contribution < -0.4 is 10.2 Å². The van der Waals surface area contributed by atoms with Crippen LogP contribution in [0, 0.1) is 11.8 Å². The smallest absolute Gasteiger partial charge is 0.265 e. The summed E-state index contributed by atoms with van der Waals surface area (Å²) < 4.78 is 6.42. The Labute approximate surface area is 201 Å². The summed E-state index contributed by atoms with van der Waals surface area (Å²) in [5.74, 6) is 2.24. The Morgan fingerprint density at radius 1 is 1.03 bits per heavy atom. The number of nitrogens with one attached hydrogen (secondary N) is 1. The van der Waals surface area contributed by atoms with E-state index >= 15 is 0 Å². The fraction of sp³-hybridized carbons (Fsp3) is 0.500. The highest BCUT2D eigenvalue weighted by Gasteiger charge is 2.42. The highest BCUT2D eigenvalue weighted by Crippen LogP contribution is 2.41. The number of ether oxygens (including phenoxy) is 1. The number of carbonyl (C=O) groups excluding carboxylic acids is 2. The Morgan fingerprint density at radius 2 is 1.76 bits per heavy atom. The zero-order chi connectivity index (χ0) is 23.3. The van der Waals surface area contributed by atoms with E-state index in [1.165, 1.54) is 19.3 Å². The Bertz CT molecular complexity index is 1110. The molecule has 0 radical (unpaired) electrons. The topological polar surface area (TPSA) is 61.9 Å². The fourth-order valence-corrected chi connectivity index (χ4v) is 6.35. The van der Waals surface area contributed by atoms with Gasteiger partial charge in [0.15, 0.2) is 5.78 Å². The van der Waals surface area contributed by atoms with Crippen molar-refractivity contribution < 1.29 is 14.3 Å². The second-order valence-electron chi connectivity index (χ2n) is 10.8. The van der Waals surface area contributed by atoms with Gasteiger partial charge in [-0.25, -0.2) is 5.01 Å². The van der Waals surface area contributed by atoms with E-state index < -0.39 is 0 Å². The van der Waals surface area contributed by atoms with E-state index in [0.717, 1.165) is 62.0 Å². The lowest BCUT2D eigenvalue weighted by Gasteiger charge is -2.43. The molecule has 1 aliphatic carbocycles. The first-order valence-corrected chi connectivity index (χ1v) is 12.7. The minimum absolute atomic E-state index is 0.0663. The van der Waals surface area contributed by atoms with Crippen molar-refractivity contribution in [3.8, 4) is 16.9 Å². The maximum atomic E-state index is 13.1. The number of amides is 1. The maximum absolute atomic E-state index is 13.1. The molecule has 1 saturated carbocycles. The molecule has 1 N–H and O–H groups in total. The van der Waals surface area contributed by atoms with E-state index in [1.807, 2.05) is 42.5 Å². The lowest BCUT2D eigenvalue weighted by molar-refractivity contribution is -0.00366. The predicted octanol–water partition coefficient (Wildman–Crippen LogP) is 4.16. The van der Waals surface area contributed by atoms with Crippen LogP contribution in [-0.2, 0) is 0 Å². The quantitative estimate of drug-likeness (QED) is 0.747. The molecule has 6 nitrogen and oxygen atoms in total. The van der Waals surface area contributed by atoms with Crippen molar-refractivity contribution in [3.05, 3.63) is 53.6 Å². The molecule has 3 heterocycles. The number of Topliss-reactive ketones (excluding diaryl/α,β-unsaturated/α-hetero) is 1. The van der Waals surface area contributed by atoms with Crippen LogP contribution in [0.5, 0.6) is 5.75 Å². The number of piperidine rings is 1. The minimum atomic E-state index is -0.357.